The third kappa shape index (κ3) is 7.40. The van der Waals surface area contributed by atoms with Crippen molar-refractivity contribution in [3.05, 3.63) is 29.6 Å². The molecule has 0 aliphatic heterocycles. The Balaban J connectivity index is 2.67. The van der Waals surface area contributed by atoms with E-state index >= 15 is 0 Å². The summed E-state index contributed by atoms with van der Waals surface area (Å²) in [6.45, 7) is 6.98. The molecule has 1 aromatic carbocycles. The minimum Gasteiger partial charge on any atom is -0.489 e. The molecule has 6 heteroatoms. The Morgan fingerprint density at radius 1 is 1.36 bits per heavy atom. The number of hydrogen-bond donors (Lipinski definition) is 3. The number of hydrogen-bond acceptors (Lipinski definition) is 4. The predicted octanol–water partition coefficient (Wildman–Crippen LogP) is 2.83. The molecule has 0 aromatic heterocycles. The van der Waals surface area contributed by atoms with Crippen LogP contribution in [0.1, 0.15) is 39.2 Å². The van der Waals surface area contributed by atoms with Gasteiger partial charge in [-0.25, -0.2) is 4.39 Å². The number of benzene rings is 1. The molecule has 0 amide bonds. The molecule has 0 radical (unpaired) electrons. The first-order chi connectivity index (χ1) is 11.9. The van der Waals surface area contributed by atoms with Gasteiger partial charge in [-0.05, 0) is 50.9 Å². The number of aryl methyl sites for hydroxylation is 1. The first kappa shape index (κ1) is 21.4. The Kier molecular flexibility index (Phi) is 9.45. The molecule has 3 N–H and O–H groups in total. The molecule has 1 rings (SSSR count). The van der Waals surface area contributed by atoms with Crippen LogP contribution >= 0.6 is 0 Å². The number of carbonyl (C=O) groups is 1. The van der Waals surface area contributed by atoms with E-state index in [1.807, 2.05) is 27.8 Å². The number of ether oxygens (including phenoxy) is 1. The van der Waals surface area contributed by atoms with Crippen LogP contribution in [0.15, 0.2) is 18.2 Å². The average Bonchev–Trinajstić information content (AvgIpc) is 2.56. The molecule has 5 nitrogen and oxygen atoms in total. The van der Waals surface area contributed by atoms with E-state index in [4.69, 9.17) is 4.74 Å². The molecule has 25 heavy (non-hydrogen) atoms. The van der Waals surface area contributed by atoms with Gasteiger partial charge >= 0.3 is 5.97 Å². The third-order valence-corrected chi connectivity index (χ3v) is 4.33. The Morgan fingerprint density at radius 3 is 2.68 bits per heavy atom. The quantitative estimate of drug-likeness (QED) is 0.504. The minimum absolute atomic E-state index is 0.0241. The first-order valence-corrected chi connectivity index (χ1v) is 8.94. The van der Waals surface area contributed by atoms with Crippen molar-refractivity contribution in [2.24, 2.45) is 5.92 Å². The van der Waals surface area contributed by atoms with Gasteiger partial charge in [0.15, 0.2) is 0 Å². The standard InChI is InChI=1S/C19H31FN2O3/c1-5-13(2)18(19(23)24)22-12-14(3)25-17-11-16(20)9-8-15(17)7-6-10-21-4/h8-9,11,13-14,18,21-22H,5-7,10,12H2,1-4H3,(H,23,24)/t13?,14-,18+/m1/s1. The summed E-state index contributed by atoms with van der Waals surface area (Å²) in [4.78, 5) is 11.4. The fourth-order valence-corrected chi connectivity index (χ4v) is 2.62. The van der Waals surface area contributed by atoms with Crippen LogP contribution in [0.3, 0.4) is 0 Å². The van der Waals surface area contributed by atoms with Gasteiger partial charge < -0.3 is 20.5 Å². The lowest BCUT2D eigenvalue weighted by atomic mass is 9.99. The number of aliphatic carboxylic acids is 1. The summed E-state index contributed by atoms with van der Waals surface area (Å²) < 4.78 is 19.5. The summed E-state index contributed by atoms with van der Waals surface area (Å²) in [5.74, 6) is -0.646. The van der Waals surface area contributed by atoms with Crippen LogP contribution in [-0.2, 0) is 11.2 Å². The number of rotatable bonds is 12. The van der Waals surface area contributed by atoms with Gasteiger partial charge in [-0.15, -0.1) is 0 Å². The summed E-state index contributed by atoms with van der Waals surface area (Å²) in [6.07, 6.45) is 2.23. The summed E-state index contributed by atoms with van der Waals surface area (Å²) in [5, 5.41) is 15.5. The van der Waals surface area contributed by atoms with Crippen molar-refractivity contribution in [1.29, 1.82) is 0 Å². The highest BCUT2D eigenvalue weighted by Gasteiger charge is 2.23. The van der Waals surface area contributed by atoms with Crippen molar-refractivity contribution in [3.63, 3.8) is 0 Å². The molecule has 0 aliphatic rings. The van der Waals surface area contributed by atoms with Gasteiger partial charge in [-0.3, -0.25) is 4.79 Å². The summed E-state index contributed by atoms with van der Waals surface area (Å²) in [5.41, 5.74) is 0.959. The van der Waals surface area contributed by atoms with E-state index in [1.54, 1.807) is 6.07 Å². The van der Waals surface area contributed by atoms with Crippen LogP contribution in [-0.4, -0.2) is 43.4 Å². The molecule has 0 saturated carbocycles. The molecule has 0 bridgehead atoms. The molecule has 0 heterocycles. The van der Waals surface area contributed by atoms with Crippen molar-refractivity contribution >= 4 is 5.97 Å². The second-order valence-corrected chi connectivity index (χ2v) is 6.50. The molecule has 0 aliphatic carbocycles. The van der Waals surface area contributed by atoms with Gasteiger partial charge in [0.05, 0.1) is 0 Å². The highest BCUT2D eigenvalue weighted by Crippen LogP contribution is 2.22. The normalized spacial score (nSPS) is 14.8. The number of carboxylic acids is 1. The van der Waals surface area contributed by atoms with E-state index in [9.17, 15) is 14.3 Å². The van der Waals surface area contributed by atoms with Crippen LogP contribution in [0.25, 0.3) is 0 Å². The van der Waals surface area contributed by atoms with Gasteiger partial charge in [0, 0.05) is 12.6 Å². The lowest BCUT2D eigenvalue weighted by molar-refractivity contribution is -0.140. The second-order valence-electron chi connectivity index (χ2n) is 6.50. The molecule has 142 valence electrons. The van der Waals surface area contributed by atoms with Crippen LogP contribution in [0.4, 0.5) is 4.39 Å². The summed E-state index contributed by atoms with van der Waals surface area (Å²) >= 11 is 0. The predicted molar refractivity (Wildman–Crippen MR) is 97.6 cm³/mol. The number of carboxylic acid groups (broad SMARTS) is 1. The highest BCUT2D eigenvalue weighted by atomic mass is 19.1. The molecule has 0 spiro atoms. The van der Waals surface area contributed by atoms with Crippen LogP contribution in [0, 0.1) is 11.7 Å². The zero-order chi connectivity index (χ0) is 18.8. The van der Waals surface area contributed by atoms with E-state index in [-0.39, 0.29) is 17.8 Å². The highest BCUT2D eigenvalue weighted by molar-refractivity contribution is 5.73. The molecule has 0 fully saturated rings. The number of halogens is 1. The van der Waals surface area contributed by atoms with E-state index in [2.05, 4.69) is 10.6 Å². The topological polar surface area (TPSA) is 70.6 Å². The average molecular weight is 354 g/mol. The van der Waals surface area contributed by atoms with Gasteiger partial charge in [-0.1, -0.05) is 26.3 Å². The third-order valence-electron chi connectivity index (χ3n) is 4.33. The zero-order valence-corrected chi connectivity index (χ0v) is 15.6. The monoisotopic (exact) mass is 354 g/mol. The maximum atomic E-state index is 13.6. The molecular weight excluding hydrogens is 323 g/mol. The van der Waals surface area contributed by atoms with Crippen LogP contribution < -0.4 is 15.4 Å². The van der Waals surface area contributed by atoms with Gasteiger partial charge in [0.25, 0.3) is 0 Å². The van der Waals surface area contributed by atoms with Crippen LogP contribution in [0.5, 0.6) is 5.75 Å². The Hall–Kier alpha value is -1.66. The first-order valence-electron chi connectivity index (χ1n) is 8.94. The van der Waals surface area contributed by atoms with E-state index in [1.165, 1.54) is 12.1 Å². The van der Waals surface area contributed by atoms with Crippen molar-refractivity contribution in [3.8, 4) is 5.75 Å². The molecular formula is C19H31FN2O3. The fourth-order valence-electron chi connectivity index (χ4n) is 2.62. The minimum atomic E-state index is -0.861. The van der Waals surface area contributed by atoms with E-state index in [0.29, 0.717) is 12.3 Å². The molecule has 0 saturated heterocycles. The maximum Gasteiger partial charge on any atom is 0.320 e. The van der Waals surface area contributed by atoms with Crippen molar-refractivity contribution in [2.45, 2.75) is 52.2 Å². The van der Waals surface area contributed by atoms with Gasteiger partial charge in [-0.2, -0.15) is 0 Å². The number of nitrogens with one attached hydrogen (secondary N) is 2. The van der Waals surface area contributed by atoms with E-state index in [0.717, 1.165) is 31.4 Å². The van der Waals surface area contributed by atoms with Gasteiger partial charge in [0.2, 0.25) is 0 Å². The van der Waals surface area contributed by atoms with Crippen molar-refractivity contribution in [2.75, 3.05) is 20.1 Å². The second kappa shape index (κ2) is 11.1. The molecule has 1 aromatic rings. The Bertz CT molecular complexity index is 539. The maximum absolute atomic E-state index is 13.6. The lowest BCUT2D eigenvalue weighted by Gasteiger charge is -2.23. The van der Waals surface area contributed by atoms with Crippen molar-refractivity contribution < 1.29 is 19.0 Å². The molecule has 1 unspecified atom stereocenters. The van der Waals surface area contributed by atoms with Crippen LogP contribution in [0.2, 0.25) is 0 Å². The summed E-state index contributed by atoms with van der Waals surface area (Å²) in [7, 11) is 1.89. The zero-order valence-electron chi connectivity index (χ0n) is 15.6. The van der Waals surface area contributed by atoms with E-state index < -0.39 is 12.0 Å². The summed E-state index contributed by atoms with van der Waals surface area (Å²) in [6, 6.07) is 3.97. The smallest absolute Gasteiger partial charge is 0.320 e. The molecule has 3 atom stereocenters. The Labute approximate surface area is 150 Å². The van der Waals surface area contributed by atoms with Gasteiger partial charge in [0.1, 0.15) is 23.7 Å². The SMILES string of the molecule is CCC(C)[C@H](NC[C@@H](C)Oc1cc(F)ccc1CCCNC)C(=O)O. The van der Waals surface area contributed by atoms with Crippen molar-refractivity contribution in [1.82, 2.24) is 10.6 Å². The lowest BCUT2D eigenvalue weighted by Crippen LogP contribution is -2.45. The largest absolute Gasteiger partial charge is 0.489 e. The fraction of sp³-hybridized carbons (Fsp3) is 0.632. The Morgan fingerprint density at radius 2 is 2.08 bits per heavy atom.